The SMILES string of the molecule is Cc1cc(CN2CCN(C(=O)COc3ccc(Cl)cc3CCl)CC2)c(C)cc1F. The molecule has 0 aromatic heterocycles. The summed E-state index contributed by atoms with van der Waals surface area (Å²) >= 11 is 11.9. The lowest BCUT2D eigenvalue weighted by Crippen LogP contribution is -2.49. The predicted octanol–water partition coefficient (Wildman–Crippen LogP) is 4.56. The van der Waals surface area contributed by atoms with E-state index in [0.29, 0.717) is 29.4 Å². The van der Waals surface area contributed by atoms with Crippen molar-refractivity contribution >= 4 is 29.1 Å². The molecule has 7 heteroatoms. The Labute approximate surface area is 181 Å². The van der Waals surface area contributed by atoms with Gasteiger partial charge in [0.1, 0.15) is 11.6 Å². The van der Waals surface area contributed by atoms with Gasteiger partial charge in [-0.3, -0.25) is 9.69 Å². The molecule has 1 amide bonds. The van der Waals surface area contributed by atoms with E-state index in [4.69, 9.17) is 27.9 Å². The van der Waals surface area contributed by atoms with Crippen molar-refractivity contribution in [3.8, 4) is 5.75 Å². The maximum atomic E-state index is 13.7. The molecule has 1 aliphatic rings. The number of nitrogens with zero attached hydrogens (tertiary/aromatic N) is 2. The highest BCUT2D eigenvalue weighted by atomic mass is 35.5. The second-order valence-electron chi connectivity index (χ2n) is 7.36. The molecule has 0 unspecified atom stereocenters. The molecule has 0 radical (unpaired) electrons. The standard InChI is InChI=1S/C22H25Cl2FN2O2/c1-15-10-20(25)16(2)9-18(15)13-26-5-7-27(8-6-26)22(28)14-29-21-4-3-19(24)11-17(21)12-23/h3-4,9-11H,5-8,12-14H2,1-2H3. The summed E-state index contributed by atoms with van der Waals surface area (Å²) in [5.74, 6) is 0.637. The topological polar surface area (TPSA) is 32.8 Å². The van der Waals surface area contributed by atoms with Crippen molar-refractivity contribution in [3.05, 3.63) is 63.4 Å². The van der Waals surface area contributed by atoms with Gasteiger partial charge in [0.25, 0.3) is 5.91 Å². The van der Waals surface area contributed by atoms with Crippen LogP contribution >= 0.6 is 23.2 Å². The van der Waals surface area contributed by atoms with Gasteiger partial charge in [-0.15, -0.1) is 11.6 Å². The van der Waals surface area contributed by atoms with Crippen molar-refractivity contribution in [1.82, 2.24) is 9.80 Å². The summed E-state index contributed by atoms with van der Waals surface area (Å²) in [6.45, 7) is 7.28. The van der Waals surface area contributed by atoms with Crippen LogP contribution < -0.4 is 4.74 Å². The third-order valence-electron chi connectivity index (χ3n) is 5.25. The highest BCUT2D eigenvalue weighted by molar-refractivity contribution is 6.30. The van der Waals surface area contributed by atoms with E-state index in [1.807, 2.05) is 17.9 Å². The maximum absolute atomic E-state index is 13.7. The summed E-state index contributed by atoms with van der Waals surface area (Å²) in [7, 11) is 0. The zero-order chi connectivity index (χ0) is 21.0. The molecular weight excluding hydrogens is 414 g/mol. The number of aryl methyl sites for hydroxylation is 2. The van der Waals surface area contributed by atoms with Crippen LogP contribution in [0.5, 0.6) is 5.75 Å². The minimum atomic E-state index is -0.167. The lowest BCUT2D eigenvalue weighted by atomic mass is 10.0. The largest absolute Gasteiger partial charge is 0.483 e. The smallest absolute Gasteiger partial charge is 0.260 e. The van der Waals surface area contributed by atoms with Gasteiger partial charge >= 0.3 is 0 Å². The fourth-order valence-electron chi connectivity index (χ4n) is 3.43. The molecule has 0 aliphatic carbocycles. The normalized spacial score (nSPS) is 14.9. The van der Waals surface area contributed by atoms with Gasteiger partial charge in [0.05, 0.1) is 5.88 Å². The zero-order valence-electron chi connectivity index (χ0n) is 16.7. The maximum Gasteiger partial charge on any atom is 0.260 e. The van der Waals surface area contributed by atoms with Crippen molar-refractivity contribution < 1.29 is 13.9 Å². The minimum Gasteiger partial charge on any atom is -0.483 e. The number of amides is 1. The Morgan fingerprint density at radius 2 is 1.79 bits per heavy atom. The molecule has 1 saturated heterocycles. The second-order valence-corrected chi connectivity index (χ2v) is 8.06. The van der Waals surface area contributed by atoms with Crippen LogP contribution in [0.4, 0.5) is 4.39 Å². The van der Waals surface area contributed by atoms with Crippen molar-refractivity contribution in [1.29, 1.82) is 0 Å². The fourth-order valence-corrected chi connectivity index (χ4v) is 3.83. The molecule has 0 N–H and O–H groups in total. The quantitative estimate of drug-likeness (QED) is 0.619. The first-order valence-electron chi connectivity index (χ1n) is 9.60. The number of benzene rings is 2. The van der Waals surface area contributed by atoms with Crippen LogP contribution in [0.1, 0.15) is 22.3 Å². The highest BCUT2D eigenvalue weighted by Gasteiger charge is 2.22. The molecule has 0 spiro atoms. The number of rotatable bonds is 6. The Balaban J connectivity index is 1.50. The van der Waals surface area contributed by atoms with Crippen LogP contribution in [0.2, 0.25) is 5.02 Å². The Hall–Kier alpha value is -1.82. The lowest BCUT2D eigenvalue weighted by Gasteiger charge is -2.35. The van der Waals surface area contributed by atoms with Crippen LogP contribution in [0, 0.1) is 19.7 Å². The molecule has 2 aromatic carbocycles. The molecule has 1 aliphatic heterocycles. The number of hydrogen-bond acceptors (Lipinski definition) is 3. The molecule has 0 atom stereocenters. The van der Waals surface area contributed by atoms with E-state index in [1.54, 1.807) is 31.2 Å². The molecule has 29 heavy (non-hydrogen) atoms. The Kier molecular flexibility index (Phi) is 7.38. The minimum absolute atomic E-state index is 0.0260. The predicted molar refractivity (Wildman–Crippen MR) is 114 cm³/mol. The van der Waals surface area contributed by atoms with Gasteiger partial charge in [0, 0.05) is 43.3 Å². The van der Waals surface area contributed by atoms with Gasteiger partial charge in [0.15, 0.2) is 6.61 Å². The molecule has 0 saturated carbocycles. The third kappa shape index (κ3) is 5.62. The van der Waals surface area contributed by atoms with Gasteiger partial charge in [-0.2, -0.15) is 0 Å². The average molecular weight is 439 g/mol. The second kappa shape index (κ2) is 9.79. The third-order valence-corrected chi connectivity index (χ3v) is 5.78. The van der Waals surface area contributed by atoms with Crippen LogP contribution in [-0.2, 0) is 17.2 Å². The Bertz CT molecular complexity index is 883. The number of carbonyl (C=O) groups excluding carboxylic acids is 1. The first-order chi connectivity index (χ1) is 13.9. The van der Waals surface area contributed by atoms with Crippen molar-refractivity contribution in [2.75, 3.05) is 32.8 Å². The number of alkyl halides is 1. The van der Waals surface area contributed by atoms with E-state index in [9.17, 15) is 9.18 Å². The Morgan fingerprint density at radius 1 is 1.07 bits per heavy atom. The van der Waals surface area contributed by atoms with Crippen molar-refractivity contribution in [2.45, 2.75) is 26.3 Å². The fraction of sp³-hybridized carbons (Fsp3) is 0.409. The lowest BCUT2D eigenvalue weighted by molar-refractivity contribution is -0.135. The van der Waals surface area contributed by atoms with Gasteiger partial charge in [-0.05, 0) is 54.8 Å². The van der Waals surface area contributed by atoms with Crippen LogP contribution in [0.15, 0.2) is 30.3 Å². The summed E-state index contributed by atoms with van der Waals surface area (Å²) in [4.78, 5) is 16.6. The van der Waals surface area contributed by atoms with E-state index < -0.39 is 0 Å². The summed E-state index contributed by atoms with van der Waals surface area (Å²) in [5, 5.41) is 0.585. The summed E-state index contributed by atoms with van der Waals surface area (Å²) in [5.41, 5.74) is 3.51. The monoisotopic (exact) mass is 438 g/mol. The van der Waals surface area contributed by atoms with E-state index in [2.05, 4.69) is 4.90 Å². The molecular formula is C22H25Cl2FN2O2. The molecule has 156 valence electrons. The molecule has 0 bridgehead atoms. The molecule has 1 fully saturated rings. The molecule has 2 aromatic rings. The van der Waals surface area contributed by atoms with Gasteiger partial charge in [-0.25, -0.2) is 4.39 Å². The summed E-state index contributed by atoms with van der Waals surface area (Å²) in [6, 6.07) is 8.70. The molecule has 4 nitrogen and oxygen atoms in total. The highest BCUT2D eigenvalue weighted by Crippen LogP contribution is 2.24. The number of piperazine rings is 1. The van der Waals surface area contributed by atoms with Crippen molar-refractivity contribution in [3.63, 3.8) is 0 Å². The average Bonchev–Trinajstić information content (AvgIpc) is 2.71. The van der Waals surface area contributed by atoms with E-state index in [-0.39, 0.29) is 24.2 Å². The van der Waals surface area contributed by atoms with E-state index in [0.717, 1.165) is 36.3 Å². The number of hydrogen-bond donors (Lipinski definition) is 0. The zero-order valence-corrected chi connectivity index (χ0v) is 18.2. The first kappa shape index (κ1) is 21.9. The van der Waals surface area contributed by atoms with Gasteiger partial charge in [0.2, 0.25) is 0 Å². The number of ether oxygens (including phenoxy) is 1. The Morgan fingerprint density at radius 3 is 2.48 bits per heavy atom. The number of halogens is 3. The molecule has 1 heterocycles. The first-order valence-corrected chi connectivity index (χ1v) is 10.5. The van der Waals surface area contributed by atoms with Crippen LogP contribution in [0.25, 0.3) is 0 Å². The van der Waals surface area contributed by atoms with Crippen LogP contribution in [0.3, 0.4) is 0 Å². The summed E-state index contributed by atoms with van der Waals surface area (Å²) in [6.07, 6.45) is 0. The van der Waals surface area contributed by atoms with E-state index in [1.165, 1.54) is 0 Å². The van der Waals surface area contributed by atoms with Crippen molar-refractivity contribution in [2.24, 2.45) is 0 Å². The van der Waals surface area contributed by atoms with Crippen LogP contribution in [-0.4, -0.2) is 48.5 Å². The van der Waals surface area contributed by atoms with E-state index >= 15 is 0 Å². The summed E-state index contributed by atoms with van der Waals surface area (Å²) < 4.78 is 19.3. The van der Waals surface area contributed by atoms with Gasteiger partial charge in [-0.1, -0.05) is 17.7 Å². The molecule has 3 rings (SSSR count). The number of carbonyl (C=O) groups is 1. The van der Waals surface area contributed by atoms with Gasteiger partial charge < -0.3 is 9.64 Å².